The van der Waals surface area contributed by atoms with Gasteiger partial charge in [0.05, 0.1) is 22.0 Å². The molecule has 0 aliphatic heterocycles. The second kappa shape index (κ2) is 13.3. The molecule has 0 aliphatic rings. The summed E-state index contributed by atoms with van der Waals surface area (Å²) in [6.45, 7) is 0. The standard InChI is InChI=1S/C54H32N4O/c1-3-15-33(16-4-1)52-56-53(34-17-5-2-6-18-34)58-54(57-52)37-20-13-19-35(31-37)38-26-14-27-46-48(38)51-49(44-25-11-12-28-47(44)59-51)50(55-46)36-29-30-43-41-23-8-7-21-39(41)40-22-9-10-24-42(40)45(43)32-36/h1-32H. The predicted octanol–water partition coefficient (Wildman–Crippen LogP) is 14.1. The summed E-state index contributed by atoms with van der Waals surface area (Å²) in [6.07, 6.45) is 0. The second-order valence-corrected chi connectivity index (χ2v) is 14.9. The van der Waals surface area contributed by atoms with E-state index in [1.807, 2.05) is 72.8 Å². The topological polar surface area (TPSA) is 64.7 Å². The van der Waals surface area contributed by atoms with Crippen molar-refractivity contribution >= 4 is 65.2 Å². The first-order valence-electron chi connectivity index (χ1n) is 19.8. The van der Waals surface area contributed by atoms with Crippen molar-refractivity contribution in [2.24, 2.45) is 0 Å². The van der Waals surface area contributed by atoms with E-state index in [1.54, 1.807) is 0 Å². The van der Waals surface area contributed by atoms with Gasteiger partial charge in [-0.2, -0.15) is 0 Å². The van der Waals surface area contributed by atoms with Crippen LogP contribution in [-0.2, 0) is 0 Å². The number of pyridine rings is 1. The highest BCUT2D eigenvalue weighted by molar-refractivity contribution is 6.27. The van der Waals surface area contributed by atoms with E-state index in [0.717, 1.165) is 71.9 Å². The van der Waals surface area contributed by atoms with E-state index < -0.39 is 0 Å². The van der Waals surface area contributed by atoms with Gasteiger partial charge in [0.15, 0.2) is 17.5 Å². The van der Waals surface area contributed by atoms with Crippen molar-refractivity contribution in [3.63, 3.8) is 0 Å². The Kier molecular flexibility index (Phi) is 7.47. The van der Waals surface area contributed by atoms with Gasteiger partial charge in [0.1, 0.15) is 11.2 Å². The van der Waals surface area contributed by atoms with Crippen LogP contribution in [0.3, 0.4) is 0 Å². The fourth-order valence-corrected chi connectivity index (χ4v) is 8.77. The van der Waals surface area contributed by atoms with Crippen LogP contribution in [0, 0.1) is 0 Å². The Bertz CT molecular complexity index is 3520. The maximum Gasteiger partial charge on any atom is 0.164 e. The van der Waals surface area contributed by atoms with E-state index >= 15 is 0 Å². The molecule has 9 aromatic carbocycles. The number of hydrogen-bond donors (Lipinski definition) is 0. The molecule has 5 nitrogen and oxygen atoms in total. The highest BCUT2D eigenvalue weighted by Gasteiger charge is 2.22. The van der Waals surface area contributed by atoms with Crippen LogP contribution in [0.4, 0.5) is 0 Å². The molecule has 0 unspecified atom stereocenters. The molecule has 3 aromatic heterocycles. The van der Waals surface area contributed by atoms with Gasteiger partial charge in [0, 0.05) is 27.6 Å². The molecule has 5 heteroatoms. The molecule has 3 heterocycles. The van der Waals surface area contributed by atoms with E-state index in [2.05, 4.69) is 121 Å². The molecular weight excluding hydrogens is 721 g/mol. The summed E-state index contributed by atoms with van der Waals surface area (Å²) in [5.74, 6) is 1.85. The highest BCUT2D eigenvalue weighted by Crippen LogP contribution is 2.44. The van der Waals surface area contributed by atoms with Crippen molar-refractivity contribution in [2.45, 2.75) is 0 Å². The Morgan fingerprint density at radius 2 is 0.814 bits per heavy atom. The molecule has 0 aliphatic carbocycles. The van der Waals surface area contributed by atoms with Gasteiger partial charge in [-0.25, -0.2) is 19.9 Å². The lowest BCUT2D eigenvalue weighted by atomic mass is 9.91. The van der Waals surface area contributed by atoms with Gasteiger partial charge in [0.2, 0.25) is 0 Å². The van der Waals surface area contributed by atoms with Gasteiger partial charge in [0.25, 0.3) is 0 Å². The number of rotatable bonds is 5. The molecule has 0 saturated carbocycles. The Morgan fingerprint density at radius 3 is 1.47 bits per heavy atom. The number of benzene rings is 9. The van der Waals surface area contributed by atoms with Crippen LogP contribution in [0.25, 0.3) is 122 Å². The maximum absolute atomic E-state index is 6.88. The molecule has 0 atom stereocenters. The second-order valence-electron chi connectivity index (χ2n) is 14.9. The van der Waals surface area contributed by atoms with Crippen molar-refractivity contribution in [1.82, 2.24) is 19.9 Å². The normalized spacial score (nSPS) is 11.7. The van der Waals surface area contributed by atoms with Gasteiger partial charge in [-0.1, -0.05) is 170 Å². The number of hydrogen-bond acceptors (Lipinski definition) is 5. The number of furan rings is 1. The van der Waals surface area contributed by atoms with Crippen molar-refractivity contribution in [3.8, 4) is 56.5 Å². The SMILES string of the molecule is c1ccc(-c2nc(-c3ccccc3)nc(-c3cccc(-c4cccc5nc(-c6ccc7c8ccccc8c8ccccc8c7c6)c6c7ccccc7oc6c45)c3)n2)cc1. The Morgan fingerprint density at radius 1 is 0.305 bits per heavy atom. The minimum absolute atomic E-state index is 0.602. The van der Waals surface area contributed by atoms with Crippen molar-refractivity contribution < 1.29 is 4.42 Å². The summed E-state index contributed by atoms with van der Waals surface area (Å²) in [7, 11) is 0. The van der Waals surface area contributed by atoms with Gasteiger partial charge in [-0.3, -0.25) is 0 Å². The zero-order valence-electron chi connectivity index (χ0n) is 31.7. The van der Waals surface area contributed by atoms with E-state index in [4.69, 9.17) is 24.4 Å². The number of fused-ring (bicyclic) bond motifs is 11. The third-order valence-electron chi connectivity index (χ3n) is 11.5. The fraction of sp³-hybridized carbons (Fsp3) is 0. The number of nitrogens with zero attached hydrogens (tertiary/aromatic N) is 4. The molecule has 12 aromatic rings. The largest absolute Gasteiger partial charge is 0.455 e. The lowest BCUT2D eigenvalue weighted by Crippen LogP contribution is -2.00. The van der Waals surface area contributed by atoms with E-state index in [1.165, 1.54) is 32.3 Å². The lowest BCUT2D eigenvalue weighted by molar-refractivity contribution is 0.672. The summed E-state index contributed by atoms with van der Waals surface area (Å²) in [6, 6.07) is 67.4. The van der Waals surface area contributed by atoms with E-state index in [0.29, 0.717) is 17.5 Å². The zero-order valence-corrected chi connectivity index (χ0v) is 31.7. The van der Waals surface area contributed by atoms with Crippen LogP contribution in [-0.4, -0.2) is 19.9 Å². The van der Waals surface area contributed by atoms with Gasteiger partial charge < -0.3 is 4.42 Å². The van der Waals surface area contributed by atoms with E-state index in [-0.39, 0.29) is 0 Å². The summed E-state index contributed by atoms with van der Waals surface area (Å²) in [4.78, 5) is 20.5. The highest BCUT2D eigenvalue weighted by atomic mass is 16.3. The van der Waals surface area contributed by atoms with Crippen molar-refractivity contribution in [3.05, 3.63) is 194 Å². The van der Waals surface area contributed by atoms with Crippen LogP contribution < -0.4 is 0 Å². The van der Waals surface area contributed by atoms with Crippen molar-refractivity contribution in [2.75, 3.05) is 0 Å². The molecule has 0 radical (unpaired) electrons. The van der Waals surface area contributed by atoms with Crippen LogP contribution in [0.1, 0.15) is 0 Å². The zero-order chi connectivity index (χ0) is 38.9. The van der Waals surface area contributed by atoms with Gasteiger partial charge in [-0.15, -0.1) is 0 Å². The van der Waals surface area contributed by atoms with Crippen LogP contribution in [0.5, 0.6) is 0 Å². The summed E-state index contributed by atoms with van der Waals surface area (Å²) in [5, 5.41) is 10.4. The minimum atomic E-state index is 0.602. The number of aromatic nitrogens is 4. The molecule has 274 valence electrons. The Labute approximate surface area is 338 Å². The smallest absolute Gasteiger partial charge is 0.164 e. The third kappa shape index (κ3) is 5.40. The first-order chi connectivity index (χ1) is 29.2. The van der Waals surface area contributed by atoms with Crippen LogP contribution >= 0.6 is 0 Å². The first-order valence-corrected chi connectivity index (χ1v) is 19.8. The summed E-state index contributed by atoms with van der Waals surface area (Å²) >= 11 is 0. The number of para-hydroxylation sites is 1. The molecule has 0 saturated heterocycles. The van der Waals surface area contributed by atoms with Gasteiger partial charge >= 0.3 is 0 Å². The average Bonchev–Trinajstić information content (AvgIpc) is 3.71. The van der Waals surface area contributed by atoms with Crippen molar-refractivity contribution in [1.29, 1.82) is 0 Å². The summed E-state index contributed by atoms with van der Waals surface area (Å²) in [5.41, 5.74) is 9.21. The average molecular weight is 753 g/mol. The molecule has 0 fully saturated rings. The Balaban J connectivity index is 1.07. The third-order valence-corrected chi connectivity index (χ3v) is 11.5. The van der Waals surface area contributed by atoms with E-state index in [9.17, 15) is 0 Å². The Hall–Kier alpha value is -8.02. The van der Waals surface area contributed by atoms with Crippen LogP contribution in [0.15, 0.2) is 199 Å². The molecule has 12 rings (SSSR count). The monoisotopic (exact) mass is 752 g/mol. The molecule has 0 N–H and O–H groups in total. The first kappa shape index (κ1) is 33.2. The van der Waals surface area contributed by atoms with Crippen LogP contribution in [0.2, 0.25) is 0 Å². The minimum Gasteiger partial charge on any atom is -0.455 e. The maximum atomic E-state index is 6.88. The quantitative estimate of drug-likeness (QED) is 0.164. The molecule has 0 spiro atoms. The predicted molar refractivity (Wildman–Crippen MR) is 242 cm³/mol. The fourth-order valence-electron chi connectivity index (χ4n) is 8.77. The van der Waals surface area contributed by atoms with Gasteiger partial charge in [-0.05, 0) is 67.7 Å². The lowest BCUT2D eigenvalue weighted by Gasteiger charge is -2.14. The molecule has 59 heavy (non-hydrogen) atoms. The molecule has 0 amide bonds. The molecule has 0 bridgehead atoms. The summed E-state index contributed by atoms with van der Waals surface area (Å²) < 4.78 is 6.88. The molecular formula is C54H32N4O.